The fourth-order valence-corrected chi connectivity index (χ4v) is 3.47. The van der Waals surface area contributed by atoms with Crippen molar-refractivity contribution in [2.24, 2.45) is 0 Å². The summed E-state index contributed by atoms with van der Waals surface area (Å²) in [6.45, 7) is 3.65. The van der Waals surface area contributed by atoms with Crippen LogP contribution in [0.1, 0.15) is 44.5 Å². The van der Waals surface area contributed by atoms with Gasteiger partial charge in [0.05, 0.1) is 19.6 Å². The summed E-state index contributed by atoms with van der Waals surface area (Å²) >= 11 is 0.945. The van der Waals surface area contributed by atoms with Gasteiger partial charge in [0.25, 0.3) is 5.91 Å². The van der Waals surface area contributed by atoms with Gasteiger partial charge in [-0.3, -0.25) is 9.59 Å². The Labute approximate surface area is 172 Å². The van der Waals surface area contributed by atoms with E-state index in [-0.39, 0.29) is 47.2 Å². The molecular formula is C20H24N2O6S. The van der Waals surface area contributed by atoms with Gasteiger partial charge in [-0.1, -0.05) is 17.7 Å². The van der Waals surface area contributed by atoms with E-state index in [1.165, 1.54) is 7.05 Å². The minimum atomic E-state index is -0.662. The maximum absolute atomic E-state index is 12.2. The van der Waals surface area contributed by atoms with Crippen LogP contribution >= 0.6 is 11.3 Å². The van der Waals surface area contributed by atoms with Gasteiger partial charge in [0.15, 0.2) is 0 Å². The van der Waals surface area contributed by atoms with Crippen LogP contribution in [-0.4, -0.2) is 38.1 Å². The van der Waals surface area contributed by atoms with Gasteiger partial charge < -0.3 is 25.3 Å². The Balaban J connectivity index is 2.01. The molecule has 2 rings (SSSR count). The molecule has 1 aromatic heterocycles. The van der Waals surface area contributed by atoms with Crippen molar-refractivity contribution in [3.63, 3.8) is 0 Å². The molecule has 0 radical (unpaired) electrons. The van der Waals surface area contributed by atoms with Gasteiger partial charge in [0.2, 0.25) is 0 Å². The number of hydrogen-bond donors (Lipinski definition) is 2. The summed E-state index contributed by atoms with van der Waals surface area (Å²) in [4.78, 5) is 36.6. The fourth-order valence-electron chi connectivity index (χ4n) is 2.46. The van der Waals surface area contributed by atoms with Crippen LogP contribution in [0, 0.1) is 6.92 Å². The number of nitrogens with one attached hydrogen (secondary N) is 1. The highest BCUT2D eigenvalue weighted by Gasteiger charge is 2.27. The van der Waals surface area contributed by atoms with Gasteiger partial charge in [-0.15, -0.1) is 11.3 Å². The molecule has 1 heterocycles. The first-order valence-corrected chi connectivity index (χ1v) is 9.84. The first kappa shape index (κ1) is 22.2. The van der Waals surface area contributed by atoms with Crippen molar-refractivity contribution in [3.8, 4) is 5.75 Å². The number of anilines is 1. The zero-order chi connectivity index (χ0) is 21.4. The van der Waals surface area contributed by atoms with Gasteiger partial charge in [-0.2, -0.15) is 0 Å². The van der Waals surface area contributed by atoms with E-state index >= 15 is 0 Å². The second-order valence-electron chi connectivity index (χ2n) is 6.02. The molecule has 0 aliphatic rings. The van der Waals surface area contributed by atoms with E-state index in [1.807, 2.05) is 31.2 Å². The number of hydrogen-bond acceptors (Lipinski definition) is 8. The standard InChI is InChI=1S/C20H24N2O6S/c1-4-26-20(25)16-14(17(19(24)22-3)29-18(16)21)11-28-15(23)9-10-27-13-7-5-12(2)6-8-13/h5-8H,4,9-11,21H2,1-3H3,(H,22,24). The number of benzene rings is 1. The summed E-state index contributed by atoms with van der Waals surface area (Å²) in [7, 11) is 1.46. The lowest BCUT2D eigenvalue weighted by Gasteiger charge is -2.09. The van der Waals surface area contributed by atoms with Crippen LogP contribution in [0.25, 0.3) is 0 Å². The molecular weight excluding hydrogens is 396 g/mol. The van der Waals surface area contributed by atoms with E-state index in [1.54, 1.807) is 6.92 Å². The van der Waals surface area contributed by atoms with Crippen molar-refractivity contribution in [2.45, 2.75) is 26.9 Å². The molecule has 3 N–H and O–H groups in total. The molecule has 1 aromatic carbocycles. The number of thiophene rings is 1. The highest BCUT2D eigenvalue weighted by molar-refractivity contribution is 7.18. The Hall–Kier alpha value is -3.07. The van der Waals surface area contributed by atoms with Crippen LogP contribution in [0.4, 0.5) is 5.00 Å². The number of nitrogens with two attached hydrogens (primary N) is 1. The van der Waals surface area contributed by atoms with Gasteiger partial charge in [0.1, 0.15) is 27.8 Å². The van der Waals surface area contributed by atoms with Crippen molar-refractivity contribution < 1.29 is 28.6 Å². The van der Waals surface area contributed by atoms with E-state index in [9.17, 15) is 14.4 Å². The number of esters is 2. The molecule has 9 heteroatoms. The zero-order valence-electron chi connectivity index (χ0n) is 16.6. The van der Waals surface area contributed by atoms with Gasteiger partial charge in [-0.05, 0) is 26.0 Å². The molecule has 2 aromatic rings. The quantitative estimate of drug-likeness (QED) is 0.599. The molecule has 0 aliphatic carbocycles. The summed E-state index contributed by atoms with van der Waals surface area (Å²) in [6.07, 6.45) is 0.0115. The van der Waals surface area contributed by atoms with Crippen LogP contribution in [-0.2, 0) is 20.9 Å². The monoisotopic (exact) mass is 420 g/mol. The van der Waals surface area contributed by atoms with Crippen molar-refractivity contribution in [2.75, 3.05) is 26.0 Å². The summed E-state index contributed by atoms with van der Waals surface area (Å²) in [5.41, 5.74) is 7.30. The molecule has 0 aliphatic heterocycles. The highest BCUT2D eigenvalue weighted by atomic mass is 32.1. The third-order valence-corrected chi connectivity index (χ3v) is 4.98. The van der Waals surface area contributed by atoms with E-state index in [4.69, 9.17) is 19.9 Å². The Morgan fingerprint density at radius 3 is 2.45 bits per heavy atom. The van der Waals surface area contributed by atoms with E-state index in [0.29, 0.717) is 5.75 Å². The van der Waals surface area contributed by atoms with Gasteiger partial charge in [-0.25, -0.2) is 4.79 Å². The number of aryl methyl sites for hydroxylation is 1. The first-order chi connectivity index (χ1) is 13.9. The second-order valence-corrected chi connectivity index (χ2v) is 7.07. The lowest BCUT2D eigenvalue weighted by molar-refractivity contribution is -0.145. The van der Waals surface area contributed by atoms with Crippen LogP contribution in [0.3, 0.4) is 0 Å². The minimum absolute atomic E-state index is 0.0115. The molecule has 0 saturated carbocycles. The zero-order valence-corrected chi connectivity index (χ0v) is 17.4. The number of carbonyl (C=O) groups is 3. The molecule has 1 amide bonds. The Kier molecular flexibility index (Phi) is 8.02. The fraction of sp³-hybridized carbons (Fsp3) is 0.350. The normalized spacial score (nSPS) is 10.3. The third kappa shape index (κ3) is 5.95. The lowest BCUT2D eigenvalue weighted by Crippen LogP contribution is -2.20. The van der Waals surface area contributed by atoms with Crippen LogP contribution in [0.15, 0.2) is 24.3 Å². The molecule has 0 unspecified atom stereocenters. The number of amides is 1. The van der Waals surface area contributed by atoms with Crippen LogP contribution in [0.2, 0.25) is 0 Å². The smallest absolute Gasteiger partial charge is 0.341 e. The molecule has 0 fully saturated rings. The summed E-state index contributed by atoms with van der Waals surface area (Å²) < 4.78 is 15.8. The number of rotatable bonds is 9. The third-order valence-electron chi connectivity index (χ3n) is 3.92. The predicted octanol–water partition coefficient (Wildman–Crippen LogP) is 2.69. The van der Waals surface area contributed by atoms with Crippen molar-refractivity contribution >= 4 is 34.2 Å². The van der Waals surface area contributed by atoms with Gasteiger partial charge >= 0.3 is 11.9 Å². The molecule has 0 bridgehead atoms. The van der Waals surface area contributed by atoms with E-state index in [0.717, 1.165) is 16.9 Å². The first-order valence-electron chi connectivity index (χ1n) is 9.02. The number of ether oxygens (including phenoxy) is 3. The molecule has 29 heavy (non-hydrogen) atoms. The van der Waals surface area contributed by atoms with Crippen molar-refractivity contribution in [1.82, 2.24) is 5.32 Å². The highest BCUT2D eigenvalue weighted by Crippen LogP contribution is 2.32. The Morgan fingerprint density at radius 2 is 1.83 bits per heavy atom. The average molecular weight is 420 g/mol. The predicted molar refractivity (Wildman–Crippen MR) is 109 cm³/mol. The number of carbonyl (C=O) groups excluding carboxylic acids is 3. The second kappa shape index (κ2) is 10.5. The largest absolute Gasteiger partial charge is 0.493 e. The average Bonchev–Trinajstić information content (AvgIpc) is 3.03. The van der Waals surface area contributed by atoms with Crippen molar-refractivity contribution in [1.29, 1.82) is 0 Å². The van der Waals surface area contributed by atoms with Crippen LogP contribution in [0.5, 0.6) is 5.75 Å². The van der Waals surface area contributed by atoms with E-state index < -0.39 is 17.8 Å². The van der Waals surface area contributed by atoms with Crippen LogP contribution < -0.4 is 15.8 Å². The molecule has 0 saturated heterocycles. The molecule has 0 spiro atoms. The maximum atomic E-state index is 12.2. The summed E-state index contributed by atoms with van der Waals surface area (Å²) in [5.74, 6) is -0.962. The molecule has 0 atom stereocenters. The van der Waals surface area contributed by atoms with Gasteiger partial charge in [0, 0.05) is 12.6 Å². The Morgan fingerprint density at radius 1 is 1.14 bits per heavy atom. The molecule has 8 nitrogen and oxygen atoms in total. The summed E-state index contributed by atoms with van der Waals surface area (Å²) in [5, 5.41) is 2.62. The van der Waals surface area contributed by atoms with Crippen molar-refractivity contribution in [3.05, 3.63) is 45.8 Å². The molecule has 156 valence electrons. The topological polar surface area (TPSA) is 117 Å². The maximum Gasteiger partial charge on any atom is 0.341 e. The van der Waals surface area contributed by atoms with E-state index in [2.05, 4.69) is 5.32 Å². The lowest BCUT2D eigenvalue weighted by atomic mass is 10.1. The minimum Gasteiger partial charge on any atom is -0.493 e. The Bertz CT molecular complexity index is 876. The summed E-state index contributed by atoms with van der Waals surface area (Å²) in [6, 6.07) is 7.45. The SMILES string of the molecule is CCOC(=O)c1c(N)sc(C(=O)NC)c1COC(=O)CCOc1ccc(C)cc1. The number of nitrogen functional groups attached to an aromatic ring is 1.